The zero-order chi connectivity index (χ0) is 22.1. The van der Waals surface area contributed by atoms with Crippen LogP contribution < -0.4 is 5.73 Å². The predicted molar refractivity (Wildman–Crippen MR) is 117 cm³/mol. The lowest BCUT2D eigenvalue weighted by Gasteiger charge is -2.52. The average molecular weight is 415 g/mol. The van der Waals surface area contributed by atoms with Gasteiger partial charge in [0, 0.05) is 25.2 Å². The van der Waals surface area contributed by atoms with Gasteiger partial charge >= 0.3 is 6.09 Å². The first-order chi connectivity index (χ1) is 14.1. The van der Waals surface area contributed by atoms with Crippen LogP contribution in [0, 0.1) is 5.82 Å². The number of quaternary nitrogens is 1. The van der Waals surface area contributed by atoms with Gasteiger partial charge in [-0.2, -0.15) is 4.79 Å². The Bertz CT molecular complexity index is 925. The van der Waals surface area contributed by atoms with E-state index in [1.807, 2.05) is 52.0 Å². The Morgan fingerprint density at radius 2 is 1.97 bits per heavy atom. The maximum Gasteiger partial charge on any atom is 0.514 e. The lowest BCUT2D eigenvalue weighted by atomic mass is 9.95. The Balaban J connectivity index is 1.79. The van der Waals surface area contributed by atoms with Crippen molar-refractivity contribution in [3.8, 4) is 11.1 Å². The van der Waals surface area contributed by atoms with E-state index in [-0.39, 0.29) is 21.9 Å². The summed E-state index contributed by atoms with van der Waals surface area (Å²) < 4.78 is 14.5. The minimum atomic E-state index is -0.757. The van der Waals surface area contributed by atoms with Crippen molar-refractivity contribution < 1.29 is 18.8 Å². The largest absolute Gasteiger partial charge is 0.514 e. The van der Waals surface area contributed by atoms with E-state index in [1.165, 1.54) is 6.07 Å². The number of benzene rings is 2. The molecule has 1 saturated heterocycles. The van der Waals surface area contributed by atoms with E-state index >= 15 is 0 Å². The van der Waals surface area contributed by atoms with E-state index in [0.29, 0.717) is 38.3 Å². The SMILES string of the molecule is C[C@H]1CN(Cc2cccc(-c3cc(CN)ccc3F)c2)CC[N+]1(C(=O)O)C(C)(C)C. The maximum absolute atomic E-state index is 14.4. The van der Waals surface area contributed by atoms with Crippen molar-refractivity contribution in [1.29, 1.82) is 0 Å². The van der Waals surface area contributed by atoms with E-state index in [2.05, 4.69) is 4.90 Å². The summed E-state index contributed by atoms with van der Waals surface area (Å²) in [4.78, 5) is 14.5. The molecule has 30 heavy (non-hydrogen) atoms. The Labute approximate surface area is 178 Å². The fourth-order valence-electron chi connectivity index (χ4n) is 4.85. The van der Waals surface area contributed by atoms with Gasteiger partial charge in [-0.15, -0.1) is 0 Å². The molecule has 0 bridgehead atoms. The second-order valence-electron chi connectivity index (χ2n) is 9.35. The maximum atomic E-state index is 14.4. The van der Waals surface area contributed by atoms with Crippen LogP contribution in [-0.4, -0.2) is 51.8 Å². The zero-order valence-electron chi connectivity index (χ0n) is 18.4. The van der Waals surface area contributed by atoms with E-state index in [9.17, 15) is 14.3 Å². The number of halogens is 1. The highest BCUT2D eigenvalue weighted by Gasteiger charge is 2.54. The Hall–Kier alpha value is -2.28. The normalized spacial score (nSPS) is 22.8. The quantitative estimate of drug-likeness (QED) is 0.726. The number of hydrogen-bond donors (Lipinski definition) is 2. The number of carbonyl (C=O) groups is 1. The topological polar surface area (TPSA) is 66.6 Å². The monoisotopic (exact) mass is 414 g/mol. The number of nitrogens with two attached hydrogens (primary N) is 1. The summed E-state index contributed by atoms with van der Waals surface area (Å²) in [6.45, 7) is 11.1. The van der Waals surface area contributed by atoms with Gasteiger partial charge in [-0.3, -0.25) is 4.90 Å². The standard InChI is InChI=1S/C24H32FN3O2/c1-17-15-27(10-11-28(17,23(29)30)24(2,3)4)16-19-6-5-7-20(12-19)21-13-18(14-26)8-9-22(21)25/h5-9,12-13,17H,10-11,14-16,26H2,1-4H3/p+1/t17-,28?/m0/s1. The molecule has 0 aliphatic carbocycles. The van der Waals surface area contributed by atoms with E-state index in [1.54, 1.807) is 12.1 Å². The lowest BCUT2D eigenvalue weighted by molar-refractivity contribution is -0.929. The minimum absolute atomic E-state index is 0.0295. The van der Waals surface area contributed by atoms with Crippen molar-refractivity contribution in [2.75, 3.05) is 19.6 Å². The lowest BCUT2D eigenvalue weighted by Crippen LogP contribution is -2.73. The molecule has 2 aromatic carbocycles. The molecule has 2 aromatic rings. The first-order valence-corrected chi connectivity index (χ1v) is 10.5. The molecule has 2 atom stereocenters. The van der Waals surface area contributed by atoms with Crippen LogP contribution >= 0.6 is 0 Å². The van der Waals surface area contributed by atoms with Gasteiger partial charge in [0.05, 0.1) is 6.54 Å². The van der Waals surface area contributed by atoms with E-state index in [4.69, 9.17) is 5.73 Å². The van der Waals surface area contributed by atoms with Crippen molar-refractivity contribution in [3.05, 3.63) is 59.4 Å². The second kappa shape index (κ2) is 8.46. The molecule has 1 heterocycles. The third-order valence-electron chi connectivity index (χ3n) is 6.49. The van der Waals surface area contributed by atoms with Crippen molar-refractivity contribution in [3.63, 3.8) is 0 Å². The van der Waals surface area contributed by atoms with Crippen molar-refractivity contribution in [2.45, 2.75) is 52.4 Å². The van der Waals surface area contributed by atoms with Crippen LogP contribution in [0.1, 0.15) is 38.8 Å². The van der Waals surface area contributed by atoms with Crippen LogP contribution in [-0.2, 0) is 13.1 Å². The van der Waals surface area contributed by atoms with Gasteiger partial charge in [-0.1, -0.05) is 24.3 Å². The summed E-state index contributed by atoms with van der Waals surface area (Å²) in [6, 6.07) is 12.9. The smallest absolute Gasteiger partial charge is 0.435 e. The second-order valence-corrected chi connectivity index (χ2v) is 9.35. The van der Waals surface area contributed by atoms with Gasteiger partial charge < -0.3 is 10.8 Å². The number of amides is 1. The van der Waals surface area contributed by atoms with Crippen LogP contribution in [0.5, 0.6) is 0 Å². The molecular weight excluding hydrogens is 381 g/mol. The van der Waals surface area contributed by atoms with Crippen LogP contribution in [0.3, 0.4) is 0 Å². The number of rotatable bonds is 4. The molecule has 3 N–H and O–H groups in total. The highest BCUT2D eigenvalue weighted by molar-refractivity contribution is 5.65. The molecule has 0 spiro atoms. The number of nitrogens with zero attached hydrogens (tertiary/aromatic N) is 2. The highest BCUT2D eigenvalue weighted by atomic mass is 19.1. The fourth-order valence-corrected chi connectivity index (χ4v) is 4.85. The molecule has 1 unspecified atom stereocenters. The molecule has 6 heteroatoms. The number of piperazine rings is 1. The van der Waals surface area contributed by atoms with E-state index < -0.39 is 6.09 Å². The Morgan fingerprint density at radius 1 is 1.23 bits per heavy atom. The molecule has 1 aliphatic heterocycles. The molecule has 0 radical (unpaired) electrons. The third-order valence-corrected chi connectivity index (χ3v) is 6.49. The Kier molecular flexibility index (Phi) is 6.32. The van der Waals surface area contributed by atoms with Gasteiger partial charge in [0.2, 0.25) is 0 Å². The molecule has 1 aliphatic rings. The summed E-state index contributed by atoms with van der Waals surface area (Å²) >= 11 is 0. The summed E-state index contributed by atoms with van der Waals surface area (Å²) in [5.41, 5.74) is 8.71. The van der Waals surface area contributed by atoms with Crippen LogP contribution in [0.4, 0.5) is 9.18 Å². The summed E-state index contributed by atoms with van der Waals surface area (Å²) in [6.07, 6.45) is -0.757. The molecule has 162 valence electrons. The molecular formula is C24H33FN3O2+. The zero-order valence-corrected chi connectivity index (χ0v) is 18.4. The van der Waals surface area contributed by atoms with Gasteiger partial charge in [0.1, 0.15) is 23.9 Å². The van der Waals surface area contributed by atoms with Crippen LogP contribution in [0.15, 0.2) is 42.5 Å². The predicted octanol–water partition coefficient (Wildman–Crippen LogP) is 4.45. The fraction of sp³-hybridized carbons (Fsp3) is 0.458. The molecule has 5 nitrogen and oxygen atoms in total. The minimum Gasteiger partial charge on any atom is -0.435 e. The van der Waals surface area contributed by atoms with Crippen LogP contribution in [0.2, 0.25) is 0 Å². The van der Waals surface area contributed by atoms with Crippen molar-refractivity contribution in [2.24, 2.45) is 5.73 Å². The van der Waals surface area contributed by atoms with Crippen molar-refractivity contribution >= 4 is 6.09 Å². The highest BCUT2D eigenvalue weighted by Crippen LogP contribution is 2.33. The van der Waals surface area contributed by atoms with E-state index in [0.717, 1.165) is 16.7 Å². The Morgan fingerprint density at radius 3 is 2.57 bits per heavy atom. The van der Waals surface area contributed by atoms with Crippen molar-refractivity contribution in [1.82, 2.24) is 4.90 Å². The van der Waals surface area contributed by atoms with Gasteiger partial charge in [-0.05, 0) is 62.6 Å². The number of hydrogen-bond acceptors (Lipinski definition) is 3. The van der Waals surface area contributed by atoms with Gasteiger partial charge in [0.15, 0.2) is 0 Å². The first kappa shape index (κ1) is 22.4. The molecule has 0 aromatic heterocycles. The van der Waals surface area contributed by atoms with Gasteiger partial charge in [0.25, 0.3) is 0 Å². The molecule has 1 fully saturated rings. The summed E-state index contributed by atoms with van der Waals surface area (Å²) in [5.74, 6) is -0.260. The summed E-state index contributed by atoms with van der Waals surface area (Å²) in [7, 11) is 0. The molecule has 1 amide bonds. The number of carboxylic acid groups (broad SMARTS) is 1. The molecule has 0 saturated carbocycles. The molecule has 3 rings (SSSR count). The summed E-state index contributed by atoms with van der Waals surface area (Å²) in [5, 5.41) is 10.0. The average Bonchev–Trinajstić information content (AvgIpc) is 2.67. The third kappa shape index (κ3) is 4.13. The first-order valence-electron chi connectivity index (χ1n) is 10.5. The van der Waals surface area contributed by atoms with Gasteiger partial charge in [-0.25, -0.2) is 8.87 Å². The van der Waals surface area contributed by atoms with Crippen LogP contribution in [0.25, 0.3) is 11.1 Å².